The largest absolute Gasteiger partial charge is 0.338 e. The molecule has 0 aliphatic rings. The number of hydrogen-bond donors (Lipinski definition) is 0. The van der Waals surface area contributed by atoms with Gasteiger partial charge in [0.1, 0.15) is 12.7 Å². The first-order valence-electron chi connectivity index (χ1n) is 6.76. The maximum atomic E-state index is 12.4. The normalized spacial score (nSPS) is 10.9. The number of aryl methyl sites for hydroxylation is 1. The van der Waals surface area contributed by atoms with Gasteiger partial charge in [-0.15, -0.1) is 10.2 Å². The molecule has 0 aliphatic carbocycles. The lowest BCUT2D eigenvalue weighted by Gasteiger charge is -2.24. The zero-order valence-electron chi connectivity index (χ0n) is 11.9. The summed E-state index contributed by atoms with van der Waals surface area (Å²) < 4.78 is 1.83. The molecular weight excluding hydrogens is 272 g/mol. The van der Waals surface area contributed by atoms with Crippen molar-refractivity contribution in [1.82, 2.24) is 19.7 Å². The molecule has 0 spiro atoms. The van der Waals surface area contributed by atoms with Crippen LogP contribution in [0.4, 0.5) is 0 Å². The van der Waals surface area contributed by atoms with E-state index >= 15 is 0 Å². The minimum absolute atomic E-state index is 0.179. The van der Waals surface area contributed by atoms with Gasteiger partial charge in [-0.1, -0.05) is 13.8 Å². The fourth-order valence-corrected chi connectivity index (χ4v) is 2.68. The number of amides is 1. The molecule has 0 atom stereocenters. The Morgan fingerprint density at radius 2 is 2.15 bits per heavy atom. The third-order valence-electron chi connectivity index (χ3n) is 2.94. The molecule has 2 aromatic heterocycles. The summed E-state index contributed by atoms with van der Waals surface area (Å²) in [6.45, 7) is 6.38. The lowest BCUT2D eigenvalue weighted by Crippen LogP contribution is -2.34. The minimum Gasteiger partial charge on any atom is -0.338 e. The van der Waals surface area contributed by atoms with Crippen LogP contribution in [0.1, 0.15) is 25.8 Å². The van der Waals surface area contributed by atoms with Crippen LogP contribution in [0.2, 0.25) is 0 Å². The van der Waals surface area contributed by atoms with E-state index in [4.69, 9.17) is 0 Å². The van der Waals surface area contributed by atoms with E-state index in [0.29, 0.717) is 25.4 Å². The predicted octanol–water partition coefficient (Wildman–Crippen LogP) is 2.41. The van der Waals surface area contributed by atoms with Gasteiger partial charge in [-0.2, -0.15) is 11.3 Å². The summed E-state index contributed by atoms with van der Waals surface area (Å²) in [7, 11) is 0. The van der Waals surface area contributed by atoms with Crippen LogP contribution in [0.15, 0.2) is 29.5 Å². The van der Waals surface area contributed by atoms with Crippen molar-refractivity contribution in [3.05, 3.63) is 35.0 Å². The number of nitrogens with zero attached hydrogens (tertiary/aromatic N) is 4. The summed E-state index contributed by atoms with van der Waals surface area (Å²) in [5, 5.41) is 11.6. The van der Waals surface area contributed by atoms with E-state index in [0.717, 1.165) is 6.54 Å². The molecule has 5 nitrogen and oxygen atoms in total. The molecule has 6 heteroatoms. The smallest absolute Gasteiger partial charge is 0.224 e. The van der Waals surface area contributed by atoms with Crippen molar-refractivity contribution in [3.63, 3.8) is 0 Å². The van der Waals surface area contributed by atoms with Gasteiger partial charge in [0, 0.05) is 26.1 Å². The number of carbonyl (C=O) groups is 1. The van der Waals surface area contributed by atoms with Gasteiger partial charge in [0.25, 0.3) is 0 Å². The monoisotopic (exact) mass is 292 g/mol. The second-order valence-electron chi connectivity index (χ2n) is 5.25. The quantitative estimate of drug-likeness (QED) is 0.787. The molecule has 2 aromatic rings. The minimum atomic E-state index is 0.179. The first-order chi connectivity index (χ1) is 9.65. The van der Waals surface area contributed by atoms with Crippen molar-refractivity contribution in [2.45, 2.75) is 33.4 Å². The Kier molecular flexibility index (Phi) is 5.29. The lowest BCUT2D eigenvalue weighted by atomic mass is 10.2. The van der Waals surface area contributed by atoms with Crippen LogP contribution in [0.25, 0.3) is 0 Å². The third kappa shape index (κ3) is 4.45. The van der Waals surface area contributed by atoms with Crippen molar-refractivity contribution >= 4 is 17.2 Å². The predicted molar refractivity (Wildman–Crippen MR) is 79.2 cm³/mol. The molecule has 108 valence electrons. The van der Waals surface area contributed by atoms with Gasteiger partial charge in [0.15, 0.2) is 0 Å². The van der Waals surface area contributed by atoms with Crippen molar-refractivity contribution in [2.24, 2.45) is 5.92 Å². The van der Waals surface area contributed by atoms with E-state index in [2.05, 4.69) is 35.5 Å². The number of rotatable bonds is 7. The van der Waals surface area contributed by atoms with Gasteiger partial charge in [0.2, 0.25) is 5.91 Å². The molecule has 2 heterocycles. The second kappa shape index (κ2) is 7.19. The van der Waals surface area contributed by atoms with E-state index < -0.39 is 0 Å². The second-order valence-corrected chi connectivity index (χ2v) is 6.03. The van der Waals surface area contributed by atoms with Crippen molar-refractivity contribution in [1.29, 1.82) is 0 Å². The van der Waals surface area contributed by atoms with E-state index in [9.17, 15) is 4.79 Å². The summed E-state index contributed by atoms with van der Waals surface area (Å²) >= 11 is 1.66. The average Bonchev–Trinajstić information content (AvgIpc) is 3.07. The highest BCUT2D eigenvalue weighted by Crippen LogP contribution is 2.12. The van der Waals surface area contributed by atoms with Crippen molar-refractivity contribution in [3.8, 4) is 0 Å². The van der Waals surface area contributed by atoms with Gasteiger partial charge in [-0.3, -0.25) is 4.79 Å². The first-order valence-corrected chi connectivity index (χ1v) is 7.70. The van der Waals surface area contributed by atoms with E-state index in [-0.39, 0.29) is 5.91 Å². The Labute approximate surface area is 123 Å². The molecule has 0 saturated carbocycles. The molecule has 0 unspecified atom stereocenters. The molecule has 0 saturated heterocycles. The van der Waals surface area contributed by atoms with E-state index in [1.54, 1.807) is 24.0 Å². The molecule has 1 amide bonds. The fraction of sp³-hybridized carbons (Fsp3) is 0.500. The Hall–Kier alpha value is -1.69. The Morgan fingerprint density at radius 1 is 1.40 bits per heavy atom. The van der Waals surface area contributed by atoms with E-state index in [1.165, 1.54) is 5.56 Å². The SMILES string of the molecule is CC(C)CN(Cc1ccsc1)C(=O)CCn1cnnc1. The van der Waals surface area contributed by atoms with Gasteiger partial charge >= 0.3 is 0 Å². The molecule has 20 heavy (non-hydrogen) atoms. The van der Waals surface area contributed by atoms with Crippen LogP contribution < -0.4 is 0 Å². The average molecular weight is 292 g/mol. The molecule has 0 aromatic carbocycles. The van der Waals surface area contributed by atoms with Crippen LogP contribution in [-0.4, -0.2) is 32.1 Å². The zero-order valence-corrected chi connectivity index (χ0v) is 12.7. The standard InChI is InChI=1S/C14H20N4OS/c1-12(2)7-18(8-13-4-6-20-9-13)14(19)3-5-17-10-15-16-11-17/h4,6,9-12H,3,5,7-8H2,1-2H3. The molecular formula is C14H20N4OS. The Balaban J connectivity index is 1.92. The van der Waals surface area contributed by atoms with Gasteiger partial charge in [-0.05, 0) is 28.3 Å². The number of hydrogen-bond acceptors (Lipinski definition) is 4. The van der Waals surface area contributed by atoms with Gasteiger partial charge in [0.05, 0.1) is 0 Å². The van der Waals surface area contributed by atoms with Crippen molar-refractivity contribution < 1.29 is 4.79 Å². The first kappa shape index (κ1) is 14.7. The lowest BCUT2D eigenvalue weighted by molar-refractivity contribution is -0.132. The topological polar surface area (TPSA) is 51.0 Å². The van der Waals surface area contributed by atoms with E-state index in [1.807, 2.05) is 14.8 Å². The maximum absolute atomic E-state index is 12.4. The van der Waals surface area contributed by atoms with Crippen LogP contribution in [0, 0.1) is 5.92 Å². The number of aromatic nitrogens is 3. The van der Waals surface area contributed by atoms with Crippen LogP contribution in [0.3, 0.4) is 0 Å². The highest BCUT2D eigenvalue weighted by Gasteiger charge is 2.15. The molecule has 2 rings (SSSR count). The summed E-state index contributed by atoms with van der Waals surface area (Å²) in [4.78, 5) is 14.3. The molecule has 0 aliphatic heterocycles. The Morgan fingerprint density at radius 3 is 2.75 bits per heavy atom. The van der Waals surface area contributed by atoms with Gasteiger partial charge in [-0.25, -0.2) is 0 Å². The third-order valence-corrected chi connectivity index (χ3v) is 3.67. The van der Waals surface area contributed by atoms with Crippen LogP contribution in [-0.2, 0) is 17.9 Å². The van der Waals surface area contributed by atoms with Crippen LogP contribution in [0.5, 0.6) is 0 Å². The summed E-state index contributed by atoms with van der Waals surface area (Å²) in [5.41, 5.74) is 1.20. The Bertz CT molecular complexity index is 507. The highest BCUT2D eigenvalue weighted by molar-refractivity contribution is 7.07. The zero-order chi connectivity index (χ0) is 14.4. The molecule has 0 bridgehead atoms. The molecule has 0 fully saturated rings. The summed E-state index contributed by atoms with van der Waals surface area (Å²) in [5.74, 6) is 0.645. The summed E-state index contributed by atoms with van der Waals surface area (Å²) in [6, 6.07) is 2.07. The highest BCUT2D eigenvalue weighted by atomic mass is 32.1. The van der Waals surface area contributed by atoms with Gasteiger partial charge < -0.3 is 9.47 Å². The summed E-state index contributed by atoms with van der Waals surface area (Å²) in [6.07, 6.45) is 3.76. The number of carbonyl (C=O) groups excluding carboxylic acids is 1. The fourth-order valence-electron chi connectivity index (χ4n) is 2.02. The number of thiophene rings is 1. The molecule has 0 radical (unpaired) electrons. The van der Waals surface area contributed by atoms with Crippen molar-refractivity contribution in [2.75, 3.05) is 6.54 Å². The van der Waals surface area contributed by atoms with Crippen LogP contribution >= 0.6 is 11.3 Å². The maximum Gasteiger partial charge on any atom is 0.224 e. The molecule has 0 N–H and O–H groups in total.